The molecule has 2 unspecified atom stereocenters. The average Bonchev–Trinajstić information content (AvgIpc) is 2.76. The van der Waals surface area contributed by atoms with Crippen molar-refractivity contribution in [1.29, 1.82) is 0 Å². The lowest BCUT2D eigenvalue weighted by Crippen LogP contribution is -2.29. The van der Waals surface area contributed by atoms with Crippen molar-refractivity contribution in [2.75, 3.05) is 7.05 Å². The number of carbonyl (C=O) groups is 2. The molecule has 3 aliphatic rings. The van der Waals surface area contributed by atoms with Crippen molar-refractivity contribution in [3.8, 4) is 0 Å². The molecule has 0 radical (unpaired) electrons. The quantitative estimate of drug-likeness (QED) is 0.397. The zero-order valence-electron chi connectivity index (χ0n) is 7.28. The van der Waals surface area contributed by atoms with Gasteiger partial charge in [-0.1, -0.05) is 12.2 Å². The largest absolute Gasteiger partial charge is 0.278 e. The Labute approximate surface area is 75.7 Å². The van der Waals surface area contributed by atoms with Crippen LogP contribution in [0.25, 0.3) is 0 Å². The lowest BCUT2D eigenvalue weighted by molar-refractivity contribution is -0.136. The highest BCUT2D eigenvalue weighted by Gasteiger charge is 2.48. The highest BCUT2D eigenvalue weighted by atomic mass is 16.2. The van der Waals surface area contributed by atoms with E-state index in [1.807, 2.05) is 12.2 Å². The van der Waals surface area contributed by atoms with Gasteiger partial charge in [-0.05, 0) is 6.42 Å². The number of hydrogen-bond donors (Lipinski definition) is 0. The van der Waals surface area contributed by atoms with E-state index in [0.29, 0.717) is 0 Å². The van der Waals surface area contributed by atoms with Gasteiger partial charge < -0.3 is 0 Å². The van der Waals surface area contributed by atoms with Crippen LogP contribution in [0, 0.1) is 11.8 Å². The Hall–Kier alpha value is -1.38. The molecule has 3 nitrogen and oxygen atoms in total. The molecule has 0 N–H and O–H groups in total. The number of fused-ring (bicyclic) bond motifs is 4. The standard InChI is InChI=1S/C10H9NO2/c1-11-9(12)7-5-2-3-6(4-5)8(7)10(11)13/h2-3,5-6H,4H2,1H3. The highest BCUT2D eigenvalue weighted by molar-refractivity contribution is 6.20. The second-order valence-electron chi connectivity index (χ2n) is 3.83. The van der Waals surface area contributed by atoms with Crippen LogP contribution in [0.5, 0.6) is 0 Å². The summed E-state index contributed by atoms with van der Waals surface area (Å²) in [7, 11) is 1.56. The van der Waals surface area contributed by atoms with Gasteiger partial charge in [0.15, 0.2) is 0 Å². The first-order chi connectivity index (χ1) is 6.20. The van der Waals surface area contributed by atoms with Gasteiger partial charge in [0.1, 0.15) is 0 Å². The maximum Gasteiger partial charge on any atom is 0.257 e. The fourth-order valence-corrected chi connectivity index (χ4v) is 2.53. The van der Waals surface area contributed by atoms with E-state index in [9.17, 15) is 9.59 Å². The molecule has 0 fully saturated rings. The first kappa shape index (κ1) is 7.06. The van der Waals surface area contributed by atoms with Crippen LogP contribution in [-0.4, -0.2) is 23.8 Å². The molecule has 0 saturated heterocycles. The number of imide groups is 1. The molecule has 0 aromatic rings. The molecule has 0 aromatic carbocycles. The summed E-state index contributed by atoms with van der Waals surface area (Å²) in [5.41, 5.74) is 1.53. The molecule has 13 heavy (non-hydrogen) atoms. The lowest BCUT2D eigenvalue weighted by Gasteiger charge is -2.11. The summed E-state index contributed by atoms with van der Waals surface area (Å²) >= 11 is 0. The van der Waals surface area contributed by atoms with Crippen molar-refractivity contribution in [3.63, 3.8) is 0 Å². The van der Waals surface area contributed by atoms with E-state index in [4.69, 9.17) is 0 Å². The van der Waals surface area contributed by atoms with Crippen LogP contribution in [0.3, 0.4) is 0 Å². The first-order valence-corrected chi connectivity index (χ1v) is 4.45. The van der Waals surface area contributed by atoms with E-state index in [-0.39, 0.29) is 23.7 Å². The van der Waals surface area contributed by atoms with Gasteiger partial charge in [-0.3, -0.25) is 14.5 Å². The lowest BCUT2D eigenvalue weighted by atomic mass is 9.99. The topological polar surface area (TPSA) is 37.4 Å². The van der Waals surface area contributed by atoms with Crippen LogP contribution >= 0.6 is 0 Å². The van der Waals surface area contributed by atoms with Crippen molar-refractivity contribution >= 4 is 11.8 Å². The van der Waals surface area contributed by atoms with Crippen LogP contribution in [-0.2, 0) is 9.59 Å². The third kappa shape index (κ3) is 0.622. The molecule has 2 bridgehead atoms. The monoisotopic (exact) mass is 175 g/mol. The average molecular weight is 175 g/mol. The van der Waals surface area contributed by atoms with Crippen molar-refractivity contribution in [2.45, 2.75) is 6.42 Å². The predicted octanol–water partition coefficient (Wildman–Crippen LogP) is 0.487. The summed E-state index contributed by atoms with van der Waals surface area (Å²) < 4.78 is 0. The van der Waals surface area contributed by atoms with Gasteiger partial charge in [0.05, 0.1) is 0 Å². The van der Waals surface area contributed by atoms with Crippen LogP contribution in [0.2, 0.25) is 0 Å². The Bertz CT molecular complexity index is 358. The summed E-state index contributed by atoms with van der Waals surface area (Å²) in [5.74, 6) is 0.275. The SMILES string of the molecule is CN1C(=O)C2=C(C1=O)C1C=CC2C1. The summed E-state index contributed by atoms with van der Waals surface area (Å²) in [6, 6.07) is 0. The van der Waals surface area contributed by atoms with Gasteiger partial charge >= 0.3 is 0 Å². The second kappa shape index (κ2) is 1.92. The number of allylic oxidation sites excluding steroid dienone is 2. The Balaban J connectivity index is 2.17. The van der Waals surface area contributed by atoms with E-state index in [1.54, 1.807) is 7.05 Å². The minimum absolute atomic E-state index is 0.0862. The summed E-state index contributed by atoms with van der Waals surface area (Å²) in [6.45, 7) is 0. The zero-order chi connectivity index (χ0) is 9.16. The normalized spacial score (nSPS) is 35.3. The van der Waals surface area contributed by atoms with Gasteiger partial charge in [0.25, 0.3) is 11.8 Å². The fraction of sp³-hybridized carbons (Fsp3) is 0.400. The number of likely N-dealkylation sites (N-methyl/N-ethyl adjacent to an activating group) is 1. The van der Waals surface area contributed by atoms with Crippen LogP contribution < -0.4 is 0 Å². The molecular formula is C10H9NO2. The van der Waals surface area contributed by atoms with Gasteiger partial charge in [-0.25, -0.2) is 0 Å². The van der Waals surface area contributed by atoms with Gasteiger partial charge in [0.2, 0.25) is 0 Å². The molecule has 0 spiro atoms. The number of hydrogen-bond acceptors (Lipinski definition) is 2. The number of rotatable bonds is 0. The van der Waals surface area contributed by atoms with Crippen molar-refractivity contribution in [2.24, 2.45) is 11.8 Å². The smallest absolute Gasteiger partial charge is 0.257 e. The van der Waals surface area contributed by atoms with Crippen molar-refractivity contribution in [3.05, 3.63) is 23.3 Å². The maximum atomic E-state index is 11.6. The molecule has 1 heterocycles. The maximum absolute atomic E-state index is 11.6. The highest BCUT2D eigenvalue weighted by Crippen LogP contribution is 2.47. The Kier molecular flexibility index (Phi) is 1.04. The van der Waals surface area contributed by atoms with Crippen molar-refractivity contribution < 1.29 is 9.59 Å². The number of nitrogens with zero attached hydrogens (tertiary/aromatic N) is 1. The molecule has 0 saturated carbocycles. The third-order valence-electron chi connectivity index (χ3n) is 3.19. The zero-order valence-corrected chi connectivity index (χ0v) is 7.28. The molecular weight excluding hydrogens is 166 g/mol. The third-order valence-corrected chi connectivity index (χ3v) is 3.19. The molecule has 0 aromatic heterocycles. The molecule has 3 rings (SSSR count). The van der Waals surface area contributed by atoms with E-state index in [1.165, 1.54) is 4.90 Å². The van der Waals surface area contributed by atoms with Crippen LogP contribution in [0.4, 0.5) is 0 Å². The van der Waals surface area contributed by atoms with Crippen LogP contribution in [0.1, 0.15) is 6.42 Å². The summed E-state index contributed by atoms with van der Waals surface area (Å²) in [5, 5.41) is 0. The molecule has 2 atom stereocenters. The molecule has 3 heteroatoms. The van der Waals surface area contributed by atoms with E-state index < -0.39 is 0 Å². The molecule has 66 valence electrons. The number of likely N-dealkylation sites (tertiary alicyclic amines) is 1. The molecule has 2 amide bonds. The second-order valence-corrected chi connectivity index (χ2v) is 3.83. The number of carbonyl (C=O) groups excluding carboxylic acids is 2. The minimum Gasteiger partial charge on any atom is -0.278 e. The number of amides is 2. The van der Waals surface area contributed by atoms with Gasteiger partial charge in [-0.15, -0.1) is 0 Å². The first-order valence-electron chi connectivity index (χ1n) is 4.45. The summed E-state index contributed by atoms with van der Waals surface area (Å²) in [4.78, 5) is 24.4. The Morgan fingerprint density at radius 3 is 2.08 bits per heavy atom. The Morgan fingerprint density at radius 1 is 1.15 bits per heavy atom. The van der Waals surface area contributed by atoms with Gasteiger partial charge in [-0.2, -0.15) is 0 Å². The van der Waals surface area contributed by atoms with E-state index >= 15 is 0 Å². The van der Waals surface area contributed by atoms with Crippen molar-refractivity contribution in [1.82, 2.24) is 4.90 Å². The summed E-state index contributed by atoms with van der Waals surface area (Å²) in [6.07, 6.45) is 5.04. The van der Waals surface area contributed by atoms with E-state index in [0.717, 1.165) is 17.6 Å². The Morgan fingerprint density at radius 2 is 1.62 bits per heavy atom. The minimum atomic E-state index is -0.0862. The van der Waals surface area contributed by atoms with E-state index in [2.05, 4.69) is 0 Å². The predicted molar refractivity (Wildman–Crippen MR) is 45.5 cm³/mol. The van der Waals surface area contributed by atoms with Crippen LogP contribution in [0.15, 0.2) is 23.3 Å². The fourth-order valence-electron chi connectivity index (χ4n) is 2.53. The molecule has 2 aliphatic carbocycles. The van der Waals surface area contributed by atoms with Gasteiger partial charge in [0, 0.05) is 30.0 Å². The molecule has 1 aliphatic heterocycles.